The van der Waals surface area contributed by atoms with E-state index in [1.165, 1.54) is 22.9 Å². The summed E-state index contributed by atoms with van der Waals surface area (Å²) in [5.41, 5.74) is 47.6. The summed E-state index contributed by atoms with van der Waals surface area (Å²) < 4.78 is 152. The number of aromatic nitrogens is 5. The number of azide groups is 4. The molecular formula is C76H107N27O38P6S. The highest BCUT2D eigenvalue weighted by atomic mass is 32.2. The third-order valence-electron chi connectivity index (χ3n) is 20.2. The van der Waals surface area contributed by atoms with Crippen molar-refractivity contribution in [2.45, 2.75) is 151 Å². The first-order valence-electron chi connectivity index (χ1n) is 44.3. The summed E-state index contributed by atoms with van der Waals surface area (Å²) in [6.45, 7) is -1.98. The number of hydrogen-bond acceptors (Lipinski definition) is 40. The maximum absolute atomic E-state index is 12.8. The average molecular weight is 2220 g/mol. The fraction of sp³-hybridized carbons (Fsp3) is 0.566. The molecule has 15 atom stereocenters. The number of nitrogen functional groups attached to an aromatic ring is 2. The lowest BCUT2D eigenvalue weighted by molar-refractivity contribution is -0.127. The minimum Gasteiger partial charge on any atom is -0.491 e. The van der Waals surface area contributed by atoms with Crippen molar-refractivity contribution in [2.24, 2.45) is 20.5 Å². The Hall–Kier alpha value is -11.6. The van der Waals surface area contributed by atoms with Crippen LogP contribution in [0.4, 0.5) is 16.4 Å². The fourth-order valence-corrected chi connectivity index (χ4v) is 21.4. The number of hydrogen-bond donors (Lipinski definition) is 18. The monoisotopic (exact) mass is 2220 g/mol. The van der Waals surface area contributed by atoms with E-state index in [1.54, 1.807) is 36.4 Å². The molecule has 8 amide bonds. The minimum atomic E-state index is -5.84. The number of carbonyl (C=O) groups excluding carboxylic acids is 7. The number of thioether (sulfide) groups is 1. The molecule has 0 aliphatic carbocycles. The molecule has 0 spiro atoms. The van der Waals surface area contributed by atoms with Gasteiger partial charge >= 0.3 is 58.7 Å². The molecule has 9 rings (SSSR count). The van der Waals surface area contributed by atoms with Crippen molar-refractivity contribution in [3.8, 4) is 35.2 Å². The van der Waals surface area contributed by atoms with Gasteiger partial charge in [0.1, 0.15) is 99.7 Å². The van der Waals surface area contributed by atoms with Crippen LogP contribution in [0, 0.1) is 23.7 Å². The lowest BCUT2D eigenvalue weighted by Crippen LogP contribution is -2.36. The second-order valence-corrected chi connectivity index (χ2v) is 41.1. The molecule has 4 aliphatic rings. The van der Waals surface area contributed by atoms with Gasteiger partial charge in [0.15, 0.2) is 12.5 Å². The van der Waals surface area contributed by atoms with Gasteiger partial charge in [0.25, 0.3) is 11.8 Å². The molecule has 72 heteroatoms. The van der Waals surface area contributed by atoms with Gasteiger partial charge in [-0.25, -0.2) is 46.9 Å². The number of anilines is 2. The van der Waals surface area contributed by atoms with E-state index >= 15 is 0 Å². The van der Waals surface area contributed by atoms with Gasteiger partial charge < -0.3 is 145 Å². The SMILES string of the molecule is CCCCCCCC(=O)NCCNC(=O)c1cccc(OCC(N=[N+]=[N-])OCCOCC(=O)NCC#Cc2cn(C3CC(OCN=[N+]=[N-])C(COP(=O)(O)OP(=O)(O)OP(=O)(O)O)O3)c3ncnc(N)c23)c1.[N-]=[N+]=NCOC1CC(n2cc(C#CCNC(=O)COCCOC(COc3cccc(C(=O)NCCNC(=O)CCCCC4SCC5NC(=O)NC54)c3)N=[N+]=[N-])c(N)nc2=O)OC1COP(=O)(O)OP(=O)(O)OP(=O)(O)O. The van der Waals surface area contributed by atoms with Gasteiger partial charge in [0.05, 0.1) is 93.5 Å². The second-order valence-electron chi connectivity index (χ2n) is 31.0. The van der Waals surface area contributed by atoms with Crippen molar-refractivity contribution in [3.63, 3.8) is 0 Å². The average Bonchev–Trinajstić information content (AvgIpc) is 1.61. The van der Waals surface area contributed by atoms with E-state index in [4.69, 9.17) is 105 Å². The van der Waals surface area contributed by atoms with E-state index in [-0.39, 0.29) is 179 Å². The Bertz CT molecular complexity index is 6090. The number of phosphoric acid groups is 6. The number of urea groups is 1. The molecule has 810 valence electrons. The number of rotatable bonds is 63. The topological polar surface area (TPSA) is 940 Å². The predicted molar refractivity (Wildman–Crippen MR) is 510 cm³/mol. The molecule has 5 aromatic rings. The van der Waals surface area contributed by atoms with Crippen molar-refractivity contribution in [3.05, 3.63) is 142 Å². The molecular weight excluding hydrogens is 2120 g/mol. The molecule has 148 heavy (non-hydrogen) atoms. The number of nitrogens with one attached hydrogen (secondary N) is 8. The zero-order valence-corrected chi connectivity index (χ0v) is 84.5. The van der Waals surface area contributed by atoms with Crippen LogP contribution in [0.1, 0.15) is 128 Å². The molecule has 0 bridgehead atoms. The minimum absolute atomic E-state index is 0.0166. The summed E-state index contributed by atoms with van der Waals surface area (Å²) in [7, 11) is -34.1. The first-order chi connectivity index (χ1) is 70.5. The Kier molecular flexibility index (Phi) is 50.6. The fourth-order valence-electron chi connectivity index (χ4n) is 13.8. The number of nitrogens with zero attached hydrogens (tertiary/aromatic N) is 17. The first kappa shape index (κ1) is 122. The smallest absolute Gasteiger partial charge is 0.490 e. The molecule has 65 nitrogen and oxygen atoms in total. The summed E-state index contributed by atoms with van der Waals surface area (Å²) in [6, 6.07) is 12.7. The molecule has 20 N–H and O–H groups in total. The number of amides is 8. The van der Waals surface area contributed by atoms with E-state index in [2.05, 4.69) is 150 Å². The highest BCUT2D eigenvalue weighted by Gasteiger charge is 2.47. The number of nitrogens with two attached hydrogens (primary N) is 2. The lowest BCUT2D eigenvalue weighted by atomic mass is 10.0. The van der Waals surface area contributed by atoms with E-state index in [0.29, 0.717) is 35.8 Å². The summed E-state index contributed by atoms with van der Waals surface area (Å²) in [5, 5.41) is 36.2. The maximum Gasteiger partial charge on any atom is 0.490 e. The van der Waals surface area contributed by atoms with Crippen LogP contribution in [-0.4, -0.2) is 283 Å². The number of carbonyl (C=O) groups is 7. The van der Waals surface area contributed by atoms with Gasteiger partial charge in [0, 0.05) is 106 Å². The van der Waals surface area contributed by atoms with Crippen molar-refractivity contribution < 1.29 is 174 Å². The highest BCUT2D eigenvalue weighted by molar-refractivity contribution is 8.00. The quantitative estimate of drug-likeness (QED) is 0.00480. The van der Waals surface area contributed by atoms with Crippen LogP contribution >= 0.6 is 58.7 Å². The summed E-state index contributed by atoms with van der Waals surface area (Å²) in [5.74, 6) is 9.96. The zero-order valence-electron chi connectivity index (χ0n) is 78.3. The van der Waals surface area contributed by atoms with E-state index in [1.807, 2.05) is 11.8 Å². The number of ether oxygens (including phenoxy) is 10. The Morgan fingerprint density at radius 3 is 1.55 bits per heavy atom. The number of fused-ring (bicyclic) bond motifs is 2. The molecule has 15 unspecified atom stereocenters. The Morgan fingerprint density at radius 2 is 1.05 bits per heavy atom. The van der Waals surface area contributed by atoms with Crippen molar-refractivity contribution in [1.29, 1.82) is 0 Å². The van der Waals surface area contributed by atoms with Gasteiger partial charge in [-0.15, -0.1) is 0 Å². The normalized spacial score (nSPS) is 19.6. The van der Waals surface area contributed by atoms with Crippen LogP contribution < -0.4 is 69.2 Å². The highest BCUT2D eigenvalue weighted by Crippen LogP contribution is 2.68. The summed E-state index contributed by atoms with van der Waals surface area (Å²) in [4.78, 5) is 195. The van der Waals surface area contributed by atoms with Gasteiger partial charge in [-0.2, -0.15) is 34.0 Å². The molecule has 2 aromatic carbocycles. The largest absolute Gasteiger partial charge is 0.491 e. The van der Waals surface area contributed by atoms with Crippen molar-refractivity contribution in [1.82, 2.24) is 66.6 Å². The van der Waals surface area contributed by atoms with Gasteiger partial charge in [-0.05, 0) is 77.8 Å². The second kappa shape index (κ2) is 61.5. The van der Waals surface area contributed by atoms with Crippen molar-refractivity contribution in [2.75, 3.05) is 136 Å². The third-order valence-corrected chi connectivity index (χ3v) is 29.3. The summed E-state index contributed by atoms with van der Waals surface area (Å²) >= 11 is 1.83. The van der Waals surface area contributed by atoms with Crippen LogP contribution in [0.2, 0.25) is 0 Å². The third kappa shape index (κ3) is 44.7. The van der Waals surface area contributed by atoms with E-state index in [0.717, 1.165) is 67.8 Å². The van der Waals surface area contributed by atoms with E-state index in [9.17, 15) is 85.3 Å². The van der Waals surface area contributed by atoms with Gasteiger partial charge in [-0.3, -0.25) is 42.4 Å². The van der Waals surface area contributed by atoms with E-state index < -0.39 is 153 Å². The molecule has 7 heterocycles. The molecule has 4 aliphatic heterocycles. The molecule has 4 fully saturated rings. The van der Waals surface area contributed by atoms with Crippen LogP contribution in [0.15, 0.2) is 92.5 Å². The maximum atomic E-state index is 12.8. The number of phosphoric ester groups is 2. The Labute approximate surface area is 843 Å². The predicted octanol–water partition coefficient (Wildman–Crippen LogP) is 4.62. The number of unbranched alkanes of at least 4 members (excludes halogenated alkanes) is 5. The van der Waals surface area contributed by atoms with Gasteiger partial charge in [-0.1, -0.05) is 95.3 Å². The molecule has 0 saturated carbocycles. The Balaban J connectivity index is 0.000000361. The molecule has 3 aromatic heterocycles. The lowest BCUT2D eigenvalue weighted by Gasteiger charge is -2.21. The number of benzene rings is 2. The van der Waals surface area contributed by atoms with Crippen LogP contribution in [0.5, 0.6) is 11.5 Å². The Morgan fingerprint density at radius 1 is 0.574 bits per heavy atom. The first-order valence-corrected chi connectivity index (χ1v) is 54.4. The zero-order chi connectivity index (χ0) is 108. The van der Waals surface area contributed by atoms with Gasteiger partial charge in [0.2, 0.25) is 23.6 Å². The van der Waals surface area contributed by atoms with Crippen molar-refractivity contribution >= 4 is 123 Å². The van der Waals surface area contributed by atoms with Crippen LogP contribution in [0.25, 0.3) is 52.8 Å². The molecule has 0 radical (unpaired) electrons. The summed E-state index contributed by atoms with van der Waals surface area (Å²) in [6.07, 6.45) is 2.70. The van der Waals surface area contributed by atoms with Crippen LogP contribution in [0.3, 0.4) is 0 Å². The molecule has 4 saturated heterocycles. The standard InChI is InChI=1S/C38H53N14O20P3S.C38H54N13O18P3/c39-35-24(17-52(38(57)48-35)33-16-27(68-22-45-50-40)28(70-33)18-69-74(61,62)72-75(63,64)71-73(58,59)60)6-4-10-42-31(54)19-65-13-14-66-32(49-51-41)20-67-25-7-3-5-23(15-25)36(55)44-12-11-43-30(53)9-2-1-8-29-34-26(21-76-29)46-37(56)47-34;1-2-3-4-5-6-12-31(52)43-14-15-44-38(54)26-9-7-11-28(18-26)64-23-33(48-50-41)63-17-16-62-22-32(53)42-13-8-10-27-20-51(37-35(27)36(39)45-24-46-37)34-19-29(65-25-47-49-40)30(67-34)21-66-71(58,59)69-72(60,61)68-70(55,56)57/h3,5,7,15,17,26-29,32-34H,1-2,8-14,16,18-22H2,(H,42,54)(H,43,53)(H,44,55)(H,61,62)(H,63,64)(H2,39,48,57)(H2,46,47,56)(H2,58,59,60);7,9,11,18,20,24,29-30,33-34H,2-6,12-17,19,21-23,25H2,1H3,(H,42,53)(H,43,52)(H,44,54)(H,58,59)(H,60,61)(H2,39,45,46)(H2,55,56,57). The van der Waals surface area contributed by atoms with Crippen LogP contribution in [-0.2, 0) is 111 Å².